The number of hydrogen-bond acceptors (Lipinski definition) is 2. The highest BCUT2D eigenvalue weighted by Gasteiger charge is 2.04. The zero-order valence-corrected chi connectivity index (χ0v) is 11.9. The van der Waals surface area contributed by atoms with E-state index in [1.54, 1.807) is 0 Å². The maximum atomic E-state index is 5.31. The van der Waals surface area contributed by atoms with E-state index in [1.165, 1.54) is 16.8 Å². The van der Waals surface area contributed by atoms with Crippen LogP contribution in [0.5, 0.6) is 0 Å². The van der Waals surface area contributed by atoms with Crippen LogP contribution in [-0.2, 0) is 12.8 Å². The lowest BCUT2D eigenvalue weighted by Crippen LogP contribution is -2.03. The van der Waals surface area contributed by atoms with E-state index in [1.807, 2.05) is 6.92 Å². The van der Waals surface area contributed by atoms with Crippen molar-refractivity contribution in [3.05, 3.63) is 57.1 Å². The average molecular weight is 258 g/mol. The van der Waals surface area contributed by atoms with E-state index in [0.29, 0.717) is 4.64 Å². The molecule has 1 heterocycles. The van der Waals surface area contributed by atoms with Crippen molar-refractivity contribution in [3.63, 3.8) is 0 Å². The SMILES string of the molecule is CCc1[nH]c(Cc2cccc(C)c2)nc(=S)c1C. The van der Waals surface area contributed by atoms with Crippen LogP contribution in [0.4, 0.5) is 0 Å². The number of H-pyrrole nitrogens is 1. The summed E-state index contributed by atoms with van der Waals surface area (Å²) in [6.45, 7) is 6.26. The monoisotopic (exact) mass is 258 g/mol. The number of nitrogens with one attached hydrogen (secondary N) is 1. The van der Waals surface area contributed by atoms with Crippen LogP contribution in [0.15, 0.2) is 24.3 Å². The Bertz CT molecular complexity index is 614. The fourth-order valence-corrected chi connectivity index (χ4v) is 2.32. The third-order valence-electron chi connectivity index (χ3n) is 3.11. The molecule has 1 aromatic carbocycles. The van der Waals surface area contributed by atoms with Gasteiger partial charge in [0.15, 0.2) is 0 Å². The van der Waals surface area contributed by atoms with Gasteiger partial charge in [-0.25, -0.2) is 4.98 Å². The van der Waals surface area contributed by atoms with Crippen molar-refractivity contribution in [2.24, 2.45) is 0 Å². The van der Waals surface area contributed by atoms with Gasteiger partial charge in [-0.1, -0.05) is 49.0 Å². The van der Waals surface area contributed by atoms with E-state index in [9.17, 15) is 0 Å². The van der Waals surface area contributed by atoms with Crippen molar-refractivity contribution in [2.45, 2.75) is 33.6 Å². The van der Waals surface area contributed by atoms with Crippen LogP contribution in [0.25, 0.3) is 0 Å². The van der Waals surface area contributed by atoms with E-state index in [-0.39, 0.29) is 0 Å². The smallest absolute Gasteiger partial charge is 0.132 e. The number of nitrogens with zero attached hydrogens (tertiary/aromatic N) is 1. The topological polar surface area (TPSA) is 28.7 Å². The molecule has 0 bridgehead atoms. The van der Waals surface area contributed by atoms with E-state index in [4.69, 9.17) is 12.2 Å². The number of aromatic nitrogens is 2. The minimum Gasteiger partial charge on any atom is -0.347 e. The van der Waals surface area contributed by atoms with Crippen LogP contribution in [0.3, 0.4) is 0 Å². The Balaban J connectivity index is 2.35. The predicted octanol–water partition coefficient (Wildman–Crippen LogP) is 3.91. The van der Waals surface area contributed by atoms with E-state index >= 15 is 0 Å². The Morgan fingerprint density at radius 1 is 1.28 bits per heavy atom. The number of rotatable bonds is 3. The molecule has 0 amide bonds. The predicted molar refractivity (Wildman–Crippen MR) is 77.5 cm³/mol. The summed E-state index contributed by atoms with van der Waals surface area (Å²) in [5.41, 5.74) is 4.83. The molecule has 2 nitrogen and oxygen atoms in total. The highest BCUT2D eigenvalue weighted by Crippen LogP contribution is 2.12. The third-order valence-corrected chi connectivity index (χ3v) is 3.51. The zero-order chi connectivity index (χ0) is 13.1. The van der Waals surface area contributed by atoms with Crippen molar-refractivity contribution in [2.75, 3.05) is 0 Å². The van der Waals surface area contributed by atoms with Gasteiger partial charge in [0, 0.05) is 17.7 Å². The summed E-state index contributed by atoms with van der Waals surface area (Å²) in [4.78, 5) is 7.86. The lowest BCUT2D eigenvalue weighted by Gasteiger charge is -2.08. The molecule has 0 saturated heterocycles. The minimum absolute atomic E-state index is 0.716. The van der Waals surface area contributed by atoms with Gasteiger partial charge in [-0.3, -0.25) is 0 Å². The molecule has 0 aliphatic rings. The van der Waals surface area contributed by atoms with Crippen LogP contribution < -0.4 is 0 Å². The quantitative estimate of drug-likeness (QED) is 0.846. The molecule has 0 saturated carbocycles. The van der Waals surface area contributed by atoms with Gasteiger partial charge in [0.1, 0.15) is 10.5 Å². The summed E-state index contributed by atoms with van der Waals surface area (Å²) < 4.78 is 0.716. The molecule has 0 spiro atoms. The Kier molecular flexibility index (Phi) is 3.92. The fourth-order valence-electron chi connectivity index (χ4n) is 2.08. The summed E-state index contributed by atoms with van der Waals surface area (Å²) in [5, 5.41) is 0. The molecule has 0 atom stereocenters. The van der Waals surface area contributed by atoms with Gasteiger partial charge in [0.05, 0.1) is 0 Å². The maximum Gasteiger partial charge on any atom is 0.132 e. The molecule has 0 fully saturated rings. The molecule has 2 rings (SSSR count). The van der Waals surface area contributed by atoms with E-state index in [0.717, 1.165) is 24.2 Å². The second-order valence-electron chi connectivity index (χ2n) is 4.61. The minimum atomic E-state index is 0.716. The molecule has 0 aliphatic heterocycles. The number of hydrogen-bond donors (Lipinski definition) is 1. The summed E-state index contributed by atoms with van der Waals surface area (Å²) in [5.74, 6) is 0.952. The van der Waals surface area contributed by atoms with Crippen LogP contribution in [-0.4, -0.2) is 9.97 Å². The van der Waals surface area contributed by atoms with Crippen molar-refractivity contribution in [3.8, 4) is 0 Å². The lowest BCUT2D eigenvalue weighted by atomic mass is 10.1. The molecule has 0 aliphatic carbocycles. The average Bonchev–Trinajstić information content (AvgIpc) is 2.33. The van der Waals surface area contributed by atoms with Gasteiger partial charge in [0.2, 0.25) is 0 Å². The van der Waals surface area contributed by atoms with Crippen LogP contribution in [0, 0.1) is 18.5 Å². The molecule has 1 aromatic heterocycles. The third kappa shape index (κ3) is 2.85. The van der Waals surface area contributed by atoms with Crippen LogP contribution >= 0.6 is 12.2 Å². The van der Waals surface area contributed by atoms with Crippen molar-refractivity contribution in [1.29, 1.82) is 0 Å². The van der Waals surface area contributed by atoms with Gasteiger partial charge in [-0.05, 0) is 25.8 Å². The summed E-state index contributed by atoms with van der Waals surface area (Å²) in [6.07, 6.45) is 1.76. The van der Waals surface area contributed by atoms with Gasteiger partial charge in [-0.2, -0.15) is 0 Å². The first kappa shape index (κ1) is 13.0. The first-order chi connectivity index (χ1) is 8.60. The van der Waals surface area contributed by atoms with E-state index < -0.39 is 0 Å². The van der Waals surface area contributed by atoms with Crippen LogP contribution in [0.1, 0.15) is 35.1 Å². The number of aryl methyl sites for hydroxylation is 2. The highest BCUT2D eigenvalue weighted by molar-refractivity contribution is 7.71. The Hall–Kier alpha value is -1.48. The molecular formula is C15H18N2S. The summed E-state index contributed by atoms with van der Waals surface area (Å²) in [7, 11) is 0. The lowest BCUT2D eigenvalue weighted by molar-refractivity contribution is 0.881. The summed E-state index contributed by atoms with van der Waals surface area (Å²) >= 11 is 5.31. The van der Waals surface area contributed by atoms with Crippen LogP contribution in [0.2, 0.25) is 0 Å². The molecule has 94 valence electrons. The molecule has 3 heteroatoms. The van der Waals surface area contributed by atoms with Crippen molar-refractivity contribution in [1.82, 2.24) is 9.97 Å². The molecule has 1 N–H and O–H groups in total. The largest absolute Gasteiger partial charge is 0.347 e. The first-order valence-corrected chi connectivity index (χ1v) is 6.65. The zero-order valence-electron chi connectivity index (χ0n) is 11.1. The number of benzene rings is 1. The molecular weight excluding hydrogens is 240 g/mol. The molecule has 18 heavy (non-hydrogen) atoms. The maximum absolute atomic E-state index is 5.31. The molecule has 0 radical (unpaired) electrons. The van der Waals surface area contributed by atoms with Crippen molar-refractivity contribution >= 4 is 12.2 Å². The van der Waals surface area contributed by atoms with Crippen molar-refractivity contribution < 1.29 is 0 Å². The fraction of sp³-hybridized carbons (Fsp3) is 0.333. The first-order valence-electron chi connectivity index (χ1n) is 6.24. The van der Waals surface area contributed by atoms with Gasteiger partial charge in [-0.15, -0.1) is 0 Å². The van der Waals surface area contributed by atoms with Gasteiger partial charge >= 0.3 is 0 Å². The number of aromatic amines is 1. The van der Waals surface area contributed by atoms with Gasteiger partial charge < -0.3 is 4.98 Å². The second-order valence-corrected chi connectivity index (χ2v) is 5.00. The molecule has 0 unspecified atom stereocenters. The Morgan fingerprint density at radius 2 is 2.06 bits per heavy atom. The summed E-state index contributed by atoms with van der Waals surface area (Å²) in [6, 6.07) is 8.49. The van der Waals surface area contributed by atoms with Gasteiger partial charge in [0.25, 0.3) is 0 Å². The standard InChI is InChI=1S/C15H18N2S/c1-4-13-11(3)15(18)17-14(16-13)9-12-7-5-6-10(2)8-12/h5-8H,4,9H2,1-3H3,(H,16,17,18). The van der Waals surface area contributed by atoms with E-state index in [2.05, 4.69) is 48.1 Å². The molecule has 2 aromatic rings. The highest BCUT2D eigenvalue weighted by atomic mass is 32.1. The Morgan fingerprint density at radius 3 is 2.72 bits per heavy atom. The second kappa shape index (κ2) is 5.44. The Labute approximate surface area is 113 Å². The normalized spacial score (nSPS) is 10.6.